The number of amides is 2. The smallest absolute Gasteiger partial charge is 0.406 e. The van der Waals surface area contributed by atoms with E-state index in [0.717, 1.165) is 4.90 Å². The zero-order chi connectivity index (χ0) is 32.4. The lowest BCUT2D eigenvalue weighted by Crippen LogP contribution is -2.63. The predicted molar refractivity (Wildman–Crippen MR) is 154 cm³/mol. The minimum atomic E-state index is -4.51. The van der Waals surface area contributed by atoms with Crippen LogP contribution in [-0.2, 0) is 19.1 Å². The second-order valence-electron chi connectivity index (χ2n) is 12.7. The number of esters is 1. The second-order valence-corrected chi connectivity index (χ2v) is 12.7. The Labute approximate surface area is 255 Å². The molecule has 242 valence electrons. The van der Waals surface area contributed by atoms with Crippen molar-refractivity contribution in [2.75, 3.05) is 31.6 Å². The first-order valence-electron chi connectivity index (χ1n) is 14.9. The largest absolute Gasteiger partial charge is 0.458 e. The summed E-state index contributed by atoms with van der Waals surface area (Å²) in [6.45, 7) is 7.59. The van der Waals surface area contributed by atoms with Crippen LogP contribution in [0.1, 0.15) is 69.3 Å². The molecule has 3 fully saturated rings. The SMILES string of the molecule is CCN(CC(F)(F)F)C(=O)c1ccc(NC2NN([C@]3(CC#N)CC[C@@H](C(=O)OC(C)(C)C)OC3)C3CCNC(=O)C23)cc1C. The number of hydrogen-bond donors (Lipinski definition) is 3. The summed E-state index contributed by atoms with van der Waals surface area (Å²) >= 11 is 0. The summed E-state index contributed by atoms with van der Waals surface area (Å²) in [5, 5.41) is 18.0. The highest BCUT2D eigenvalue weighted by molar-refractivity contribution is 5.96. The van der Waals surface area contributed by atoms with E-state index in [9.17, 15) is 32.8 Å². The van der Waals surface area contributed by atoms with E-state index in [1.54, 1.807) is 39.8 Å². The summed E-state index contributed by atoms with van der Waals surface area (Å²) in [7, 11) is 0. The average molecular weight is 623 g/mol. The van der Waals surface area contributed by atoms with Gasteiger partial charge in [-0.25, -0.2) is 15.2 Å². The number of fused-ring (bicyclic) bond motifs is 1. The number of nitriles is 1. The van der Waals surface area contributed by atoms with Crippen LogP contribution in [0.5, 0.6) is 0 Å². The average Bonchev–Trinajstić information content (AvgIpc) is 3.30. The van der Waals surface area contributed by atoms with Crippen molar-refractivity contribution >= 4 is 23.5 Å². The number of carbonyl (C=O) groups excluding carboxylic acids is 3. The highest BCUT2D eigenvalue weighted by atomic mass is 19.4. The number of ether oxygens (including phenoxy) is 2. The number of nitrogens with one attached hydrogen (secondary N) is 3. The fourth-order valence-corrected chi connectivity index (χ4v) is 6.23. The van der Waals surface area contributed by atoms with E-state index in [2.05, 4.69) is 22.1 Å². The maximum absolute atomic E-state index is 13.2. The summed E-state index contributed by atoms with van der Waals surface area (Å²) in [6.07, 6.45) is -4.36. The molecular weight excluding hydrogens is 581 g/mol. The fraction of sp³-hybridized carbons (Fsp3) is 0.667. The molecule has 1 aromatic rings. The van der Waals surface area contributed by atoms with Gasteiger partial charge in [-0.3, -0.25) is 9.59 Å². The highest BCUT2D eigenvalue weighted by Gasteiger charge is 2.56. The third-order valence-corrected chi connectivity index (χ3v) is 8.26. The minimum Gasteiger partial charge on any atom is -0.458 e. The number of hydrazine groups is 1. The monoisotopic (exact) mass is 622 g/mol. The lowest BCUT2D eigenvalue weighted by molar-refractivity contribution is -0.180. The quantitative estimate of drug-likeness (QED) is 0.374. The van der Waals surface area contributed by atoms with Gasteiger partial charge in [-0.15, -0.1) is 0 Å². The van der Waals surface area contributed by atoms with Crippen LogP contribution in [0, 0.1) is 24.2 Å². The van der Waals surface area contributed by atoms with Crippen LogP contribution in [0.3, 0.4) is 0 Å². The molecule has 0 spiro atoms. The Kier molecular flexibility index (Phi) is 9.82. The Balaban J connectivity index is 1.53. The summed E-state index contributed by atoms with van der Waals surface area (Å²) in [5.41, 5.74) is 3.14. The van der Waals surface area contributed by atoms with Gasteiger partial charge in [0.05, 0.1) is 30.6 Å². The molecule has 3 N–H and O–H groups in total. The molecule has 4 rings (SSSR count). The van der Waals surface area contributed by atoms with Crippen molar-refractivity contribution in [2.24, 2.45) is 5.92 Å². The van der Waals surface area contributed by atoms with Gasteiger partial charge in [0.1, 0.15) is 18.3 Å². The van der Waals surface area contributed by atoms with Crippen molar-refractivity contribution in [3.8, 4) is 6.07 Å². The number of alkyl halides is 3. The van der Waals surface area contributed by atoms with Gasteiger partial charge in [0.15, 0.2) is 6.10 Å². The predicted octanol–water partition coefficient (Wildman–Crippen LogP) is 3.26. The summed E-state index contributed by atoms with van der Waals surface area (Å²) < 4.78 is 50.5. The highest BCUT2D eigenvalue weighted by Crippen LogP contribution is 2.40. The first-order chi connectivity index (χ1) is 20.6. The zero-order valence-electron chi connectivity index (χ0n) is 25.7. The zero-order valence-corrected chi connectivity index (χ0v) is 25.7. The Morgan fingerprint density at radius 2 is 2.00 bits per heavy atom. The van der Waals surface area contributed by atoms with E-state index >= 15 is 0 Å². The molecule has 0 aliphatic carbocycles. The third-order valence-electron chi connectivity index (χ3n) is 8.26. The van der Waals surface area contributed by atoms with Crippen LogP contribution < -0.4 is 16.1 Å². The molecular formula is C30H41F3N6O5. The third kappa shape index (κ3) is 7.44. The van der Waals surface area contributed by atoms with E-state index < -0.39 is 53.9 Å². The van der Waals surface area contributed by atoms with E-state index in [0.29, 0.717) is 37.1 Å². The Morgan fingerprint density at radius 1 is 1.27 bits per heavy atom. The van der Waals surface area contributed by atoms with Gasteiger partial charge in [0.25, 0.3) is 5.91 Å². The number of carbonyl (C=O) groups is 3. The molecule has 3 heterocycles. The van der Waals surface area contributed by atoms with Crippen molar-refractivity contribution in [3.05, 3.63) is 29.3 Å². The van der Waals surface area contributed by atoms with Crippen LogP contribution in [0.2, 0.25) is 0 Å². The van der Waals surface area contributed by atoms with Gasteiger partial charge in [-0.1, -0.05) is 0 Å². The van der Waals surface area contributed by atoms with Crippen molar-refractivity contribution in [3.63, 3.8) is 0 Å². The van der Waals surface area contributed by atoms with Crippen molar-refractivity contribution in [1.29, 1.82) is 5.26 Å². The number of aryl methyl sites for hydroxylation is 1. The molecule has 5 atom stereocenters. The molecule has 3 unspecified atom stereocenters. The molecule has 3 saturated heterocycles. The fourth-order valence-electron chi connectivity index (χ4n) is 6.23. The van der Waals surface area contributed by atoms with Crippen LogP contribution in [0.4, 0.5) is 18.9 Å². The normalized spacial score (nSPS) is 27.6. The molecule has 3 aliphatic rings. The molecule has 2 amide bonds. The number of anilines is 1. The molecule has 1 aromatic carbocycles. The minimum absolute atomic E-state index is 0.0802. The maximum atomic E-state index is 13.2. The standard InChI is InChI=1S/C30H41F3N6O5/c1-6-38(16-30(31,32)33)26(41)20-8-7-19(15-18(20)2)36-24-23-21(10-14-35-25(23)40)39(37-24)29(12-13-34)11-9-22(43-17-29)27(42)44-28(3,4)5/h7-8,15,21-24,36-37H,6,9-12,14,16-17H2,1-5H3,(H,35,40)/t21?,22-,23?,24?,29-/m0/s1. The van der Waals surface area contributed by atoms with Crippen molar-refractivity contribution in [1.82, 2.24) is 20.7 Å². The van der Waals surface area contributed by atoms with Crippen molar-refractivity contribution < 1.29 is 37.0 Å². The van der Waals surface area contributed by atoms with Gasteiger partial charge in [0.2, 0.25) is 5.91 Å². The lowest BCUT2D eigenvalue weighted by atomic mass is 9.83. The van der Waals surface area contributed by atoms with Crippen LogP contribution in [0.15, 0.2) is 18.2 Å². The lowest BCUT2D eigenvalue weighted by Gasteiger charge is -2.47. The molecule has 44 heavy (non-hydrogen) atoms. The van der Waals surface area contributed by atoms with Crippen LogP contribution in [-0.4, -0.2) is 89.6 Å². The number of nitrogens with zero attached hydrogens (tertiary/aromatic N) is 3. The number of piperidine rings is 1. The maximum Gasteiger partial charge on any atom is 0.406 e. The molecule has 0 saturated carbocycles. The molecule has 11 nitrogen and oxygen atoms in total. The number of rotatable bonds is 8. The van der Waals surface area contributed by atoms with Crippen LogP contribution in [0.25, 0.3) is 0 Å². The first-order valence-corrected chi connectivity index (χ1v) is 14.9. The summed E-state index contributed by atoms with van der Waals surface area (Å²) in [5.74, 6) is -1.89. The second kappa shape index (κ2) is 12.9. The topological polar surface area (TPSA) is 136 Å². The molecule has 14 heteroatoms. The number of hydrogen-bond acceptors (Lipinski definition) is 9. The van der Waals surface area contributed by atoms with Gasteiger partial charge < -0.3 is 25.0 Å². The van der Waals surface area contributed by atoms with E-state index in [1.807, 2.05) is 5.01 Å². The molecule has 0 bridgehead atoms. The first kappa shape index (κ1) is 33.5. The Hall–Kier alpha value is -3.41. The number of halogens is 3. The molecule has 0 aromatic heterocycles. The van der Waals surface area contributed by atoms with E-state index in [1.165, 1.54) is 13.0 Å². The molecule has 0 radical (unpaired) electrons. The van der Waals surface area contributed by atoms with Gasteiger partial charge in [0, 0.05) is 30.4 Å². The number of benzene rings is 1. The van der Waals surface area contributed by atoms with E-state index in [4.69, 9.17) is 9.47 Å². The summed E-state index contributed by atoms with van der Waals surface area (Å²) in [6, 6.07) is 6.72. The van der Waals surface area contributed by atoms with Crippen molar-refractivity contribution in [2.45, 2.75) is 95.9 Å². The summed E-state index contributed by atoms with van der Waals surface area (Å²) in [4.78, 5) is 39.4. The van der Waals surface area contributed by atoms with Gasteiger partial charge >= 0.3 is 12.1 Å². The Morgan fingerprint density at radius 3 is 2.57 bits per heavy atom. The van der Waals surface area contributed by atoms with Gasteiger partial charge in [-0.05, 0) is 77.6 Å². The molecule has 3 aliphatic heterocycles. The van der Waals surface area contributed by atoms with E-state index in [-0.39, 0.29) is 37.1 Å². The Bertz CT molecular complexity index is 1290. The van der Waals surface area contributed by atoms with Crippen LogP contribution >= 0.6 is 0 Å². The van der Waals surface area contributed by atoms with Gasteiger partial charge in [-0.2, -0.15) is 18.4 Å².